The number of anilines is 1. The van der Waals surface area contributed by atoms with Gasteiger partial charge in [0.25, 0.3) is 0 Å². The largest absolute Gasteiger partial charge is 0.326 e. The molecule has 0 aliphatic carbocycles. The van der Waals surface area contributed by atoms with Crippen LogP contribution in [0.3, 0.4) is 0 Å². The van der Waals surface area contributed by atoms with Crippen LogP contribution in [0.5, 0.6) is 0 Å². The van der Waals surface area contributed by atoms with Crippen molar-refractivity contribution in [3.8, 4) is 5.69 Å². The van der Waals surface area contributed by atoms with Crippen LogP contribution < -0.4 is 10.6 Å². The van der Waals surface area contributed by atoms with Crippen LogP contribution in [0.15, 0.2) is 48.8 Å². The fourth-order valence-corrected chi connectivity index (χ4v) is 2.65. The topological polar surface area (TPSA) is 46.1 Å². The van der Waals surface area contributed by atoms with E-state index >= 15 is 0 Å². The molecule has 2 heterocycles. The Balaban J connectivity index is 1.74. The van der Waals surface area contributed by atoms with Crippen molar-refractivity contribution in [1.82, 2.24) is 9.88 Å². The molecule has 1 amide bonds. The first-order valence-electron chi connectivity index (χ1n) is 6.99. The highest BCUT2D eigenvalue weighted by Crippen LogP contribution is 2.20. The van der Waals surface area contributed by atoms with Gasteiger partial charge in [0.05, 0.1) is 5.92 Å². The number of carbonyl (C=O) groups is 1. The summed E-state index contributed by atoms with van der Waals surface area (Å²) in [5.41, 5.74) is 1.89. The van der Waals surface area contributed by atoms with Gasteiger partial charge in [0, 0.05) is 30.3 Å². The van der Waals surface area contributed by atoms with Gasteiger partial charge in [0.1, 0.15) is 0 Å². The number of hydrogen-bond acceptors (Lipinski definition) is 2. The Kier molecular flexibility index (Phi) is 3.56. The molecular formula is C16H19N3O. The SMILES string of the molecule is C[C@@H]1CNC[C@H]1C(=O)Nc1cccc(-n2cccc2)c1. The number of nitrogens with zero attached hydrogens (tertiary/aromatic N) is 1. The molecule has 1 saturated heterocycles. The van der Waals surface area contributed by atoms with Crippen LogP contribution in [0, 0.1) is 11.8 Å². The van der Waals surface area contributed by atoms with Crippen LogP contribution in [0.2, 0.25) is 0 Å². The van der Waals surface area contributed by atoms with E-state index in [4.69, 9.17) is 0 Å². The summed E-state index contributed by atoms with van der Waals surface area (Å²) in [6.07, 6.45) is 3.98. The standard InChI is InChI=1S/C16H19N3O/c1-12-10-17-11-15(12)16(20)18-13-5-4-6-14(9-13)19-7-2-3-8-19/h2-9,12,15,17H,10-11H2,1H3,(H,18,20)/t12-,15-/m1/s1. The van der Waals surface area contributed by atoms with E-state index in [0.29, 0.717) is 5.92 Å². The molecule has 2 atom stereocenters. The molecule has 4 heteroatoms. The third-order valence-corrected chi connectivity index (χ3v) is 3.87. The average molecular weight is 269 g/mol. The number of rotatable bonds is 3. The van der Waals surface area contributed by atoms with E-state index in [-0.39, 0.29) is 11.8 Å². The van der Waals surface area contributed by atoms with Gasteiger partial charge in [0.15, 0.2) is 0 Å². The van der Waals surface area contributed by atoms with Gasteiger partial charge in [-0.05, 0) is 42.8 Å². The normalized spacial score (nSPS) is 21.9. The van der Waals surface area contributed by atoms with Gasteiger partial charge in [-0.25, -0.2) is 0 Å². The van der Waals surface area contributed by atoms with Crippen molar-refractivity contribution in [2.24, 2.45) is 11.8 Å². The second kappa shape index (κ2) is 5.51. The molecule has 4 nitrogen and oxygen atoms in total. The first kappa shape index (κ1) is 12.9. The Morgan fingerprint density at radius 1 is 1.25 bits per heavy atom. The van der Waals surface area contributed by atoms with E-state index in [1.54, 1.807) is 0 Å². The van der Waals surface area contributed by atoms with Crippen molar-refractivity contribution in [2.75, 3.05) is 18.4 Å². The lowest BCUT2D eigenvalue weighted by Gasteiger charge is -2.15. The fraction of sp³-hybridized carbons (Fsp3) is 0.312. The van der Waals surface area contributed by atoms with Crippen molar-refractivity contribution in [3.05, 3.63) is 48.8 Å². The highest BCUT2D eigenvalue weighted by molar-refractivity contribution is 5.93. The minimum Gasteiger partial charge on any atom is -0.326 e. The highest BCUT2D eigenvalue weighted by atomic mass is 16.1. The Hall–Kier alpha value is -2.07. The Bertz CT molecular complexity index is 592. The van der Waals surface area contributed by atoms with Crippen LogP contribution in [-0.4, -0.2) is 23.6 Å². The molecule has 104 valence electrons. The number of carbonyl (C=O) groups excluding carboxylic acids is 1. The van der Waals surface area contributed by atoms with Gasteiger partial charge >= 0.3 is 0 Å². The smallest absolute Gasteiger partial charge is 0.229 e. The summed E-state index contributed by atoms with van der Waals surface area (Å²) in [5.74, 6) is 0.556. The lowest BCUT2D eigenvalue weighted by molar-refractivity contribution is -0.120. The molecule has 1 aromatic carbocycles. The predicted octanol–water partition coefficient (Wildman–Crippen LogP) is 2.27. The summed E-state index contributed by atoms with van der Waals surface area (Å²) in [7, 11) is 0. The molecule has 0 saturated carbocycles. The molecule has 3 rings (SSSR count). The Morgan fingerprint density at radius 3 is 2.75 bits per heavy atom. The number of nitrogens with one attached hydrogen (secondary N) is 2. The quantitative estimate of drug-likeness (QED) is 0.898. The van der Waals surface area contributed by atoms with Crippen LogP contribution >= 0.6 is 0 Å². The van der Waals surface area contributed by atoms with Crippen LogP contribution in [0.25, 0.3) is 5.69 Å². The third kappa shape index (κ3) is 2.60. The zero-order valence-corrected chi connectivity index (χ0v) is 11.5. The van der Waals surface area contributed by atoms with Crippen LogP contribution in [0.1, 0.15) is 6.92 Å². The van der Waals surface area contributed by atoms with E-state index in [0.717, 1.165) is 24.5 Å². The van der Waals surface area contributed by atoms with E-state index < -0.39 is 0 Å². The molecule has 1 aliphatic rings. The van der Waals surface area contributed by atoms with Gasteiger partial charge in [0.2, 0.25) is 5.91 Å². The number of amides is 1. The molecule has 2 N–H and O–H groups in total. The van der Waals surface area contributed by atoms with Crippen LogP contribution in [-0.2, 0) is 4.79 Å². The van der Waals surface area contributed by atoms with E-state index in [9.17, 15) is 4.79 Å². The lowest BCUT2D eigenvalue weighted by Crippen LogP contribution is -2.27. The zero-order valence-electron chi connectivity index (χ0n) is 11.5. The number of aromatic nitrogens is 1. The molecule has 0 unspecified atom stereocenters. The molecule has 1 fully saturated rings. The van der Waals surface area contributed by atoms with Crippen molar-refractivity contribution < 1.29 is 4.79 Å². The Labute approximate surface area is 118 Å². The maximum Gasteiger partial charge on any atom is 0.229 e. The van der Waals surface area contributed by atoms with E-state index in [1.807, 2.05) is 53.4 Å². The van der Waals surface area contributed by atoms with Gasteiger partial charge in [-0.15, -0.1) is 0 Å². The fourth-order valence-electron chi connectivity index (χ4n) is 2.65. The Morgan fingerprint density at radius 2 is 2.05 bits per heavy atom. The van der Waals surface area contributed by atoms with Gasteiger partial charge in [-0.1, -0.05) is 13.0 Å². The molecule has 1 aliphatic heterocycles. The minimum atomic E-state index is 0.0604. The summed E-state index contributed by atoms with van der Waals surface area (Å²) in [4.78, 5) is 12.3. The predicted molar refractivity (Wildman–Crippen MR) is 79.9 cm³/mol. The molecule has 0 radical (unpaired) electrons. The van der Waals surface area contributed by atoms with E-state index in [2.05, 4.69) is 17.6 Å². The molecule has 20 heavy (non-hydrogen) atoms. The molecule has 2 aromatic rings. The maximum absolute atomic E-state index is 12.3. The van der Waals surface area contributed by atoms with Gasteiger partial charge in [-0.2, -0.15) is 0 Å². The summed E-state index contributed by atoms with van der Waals surface area (Å²) < 4.78 is 2.02. The van der Waals surface area contributed by atoms with Crippen molar-refractivity contribution >= 4 is 11.6 Å². The second-order valence-corrected chi connectivity index (χ2v) is 5.37. The van der Waals surface area contributed by atoms with E-state index in [1.165, 1.54) is 0 Å². The van der Waals surface area contributed by atoms with Crippen molar-refractivity contribution in [2.45, 2.75) is 6.92 Å². The molecular weight excluding hydrogens is 250 g/mol. The monoisotopic (exact) mass is 269 g/mol. The average Bonchev–Trinajstić information content (AvgIpc) is 3.09. The van der Waals surface area contributed by atoms with Crippen molar-refractivity contribution in [1.29, 1.82) is 0 Å². The summed E-state index contributed by atoms with van der Waals surface area (Å²) in [6.45, 7) is 3.80. The third-order valence-electron chi connectivity index (χ3n) is 3.87. The maximum atomic E-state index is 12.3. The molecule has 1 aromatic heterocycles. The first-order valence-corrected chi connectivity index (χ1v) is 6.99. The minimum absolute atomic E-state index is 0.0604. The second-order valence-electron chi connectivity index (χ2n) is 5.37. The number of benzene rings is 1. The summed E-state index contributed by atoms with van der Waals surface area (Å²) in [5, 5.41) is 6.28. The van der Waals surface area contributed by atoms with Crippen LogP contribution in [0.4, 0.5) is 5.69 Å². The summed E-state index contributed by atoms with van der Waals surface area (Å²) >= 11 is 0. The zero-order chi connectivity index (χ0) is 13.9. The van der Waals surface area contributed by atoms with Gasteiger partial charge in [-0.3, -0.25) is 4.79 Å². The molecule has 0 spiro atoms. The first-order chi connectivity index (χ1) is 9.74. The highest BCUT2D eigenvalue weighted by Gasteiger charge is 2.29. The van der Waals surface area contributed by atoms with Crippen molar-refractivity contribution in [3.63, 3.8) is 0 Å². The molecule has 0 bridgehead atoms. The summed E-state index contributed by atoms with van der Waals surface area (Å²) in [6, 6.07) is 11.9. The van der Waals surface area contributed by atoms with Gasteiger partial charge < -0.3 is 15.2 Å². The lowest BCUT2D eigenvalue weighted by atomic mass is 9.97. The number of hydrogen-bond donors (Lipinski definition) is 2.